The third kappa shape index (κ3) is 9.56. The highest BCUT2D eigenvalue weighted by Gasteiger charge is 2.48. The van der Waals surface area contributed by atoms with Crippen LogP contribution >= 0.6 is 0 Å². The number of benzene rings is 5. The van der Waals surface area contributed by atoms with Gasteiger partial charge in [-0.15, -0.1) is 0 Å². The second-order valence-corrected chi connectivity index (χ2v) is 15.6. The van der Waals surface area contributed by atoms with Crippen molar-refractivity contribution in [2.45, 2.75) is 101 Å². The number of rotatable bonds is 1. The maximum Gasteiger partial charge on any atom is 0.279 e. The molecule has 2 aliphatic rings. The van der Waals surface area contributed by atoms with Gasteiger partial charge in [0.25, 0.3) is 5.92 Å². The Morgan fingerprint density at radius 3 is 1.47 bits per heavy atom. The first-order valence-electron chi connectivity index (χ1n) is 19.0. The summed E-state index contributed by atoms with van der Waals surface area (Å²) in [4.78, 5) is 0. The number of hydrogen-bond donors (Lipinski definition) is 0. The van der Waals surface area contributed by atoms with Gasteiger partial charge >= 0.3 is 0 Å². The van der Waals surface area contributed by atoms with Gasteiger partial charge in [-0.1, -0.05) is 115 Å². The van der Waals surface area contributed by atoms with Crippen molar-refractivity contribution in [3.05, 3.63) is 141 Å². The summed E-state index contributed by atoms with van der Waals surface area (Å²) < 4.78 is 114. The van der Waals surface area contributed by atoms with Gasteiger partial charge < -0.3 is 4.42 Å². The van der Waals surface area contributed by atoms with E-state index in [-0.39, 0.29) is 47.3 Å². The minimum atomic E-state index is -3.01. The average molecular weight is 797 g/mol. The molecule has 0 N–H and O–H groups in total. The fourth-order valence-corrected chi connectivity index (χ4v) is 7.05. The van der Waals surface area contributed by atoms with Crippen LogP contribution in [0, 0.1) is 87.3 Å². The predicted octanol–water partition coefficient (Wildman–Crippen LogP) is 15.8. The molecule has 0 spiro atoms. The Hall–Kier alpha value is -4.66. The zero-order valence-corrected chi connectivity index (χ0v) is 33.1. The molecule has 1 aromatic heterocycles. The fraction of sp³-hybridized carbons (Fsp3) is 0.375. The lowest BCUT2D eigenvalue weighted by Gasteiger charge is -2.22. The van der Waals surface area contributed by atoms with Gasteiger partial charge in [0.1, 0.15) is 11.6 Å². The largest absolute Gasteiger partial charge is 0.450 e. The molecular formula is C48H52F8O. The van der Waals surface area contributed by atoms with Crippen molar-refractivity contribution in [1.29, 1.82) is 0 Å². The highest BCUT2D eigenvalue weighted by Crippen LogP contribution is 2.47. The molecule has 9 heteroatoms. The molecule has 2 aliphatic carbocycles. The summed E-state index contributed by atoms with van der Waals surface area (Å²) in [6, 6.07) is 17.3. The van der Waals surface area contributed by atoms with Crippen LogP contribution in [0.2, 0.25) is 0 Å². The van der Waals surface area contributed by atoms with Crippen LogP contribution in [0.1, 0.15) is 92.8 Å². The minimum Gasteiger partial charge on any atom is -0.450 e. The Morgan fingerprint density at radius 2 is 0.965 bits per heavy atom. The van der Waals surface area contributed by atoms with Crippen molar-refractivity contribution in [3.8, 4) is 11.1 Å². The topological polar surface area (TPSA) is 13.1 Å². The van der Waals surface area contributed by atoms with Crippen LogP contribution < -0.4 is 0 Å². The third-order valence-electron chi connectivity index (χ3n) is 11.0. The molecule has 1 heterocycles. The van der Waals surface area contributed by atoms with E-state index in [0.717, 1.165) is 11.8 Å². The van der Waals surface area contributed by atoms with E-state index in [1.165, 1.54) is 64.7 Å². The SMILES string of the molecule is C.CC1CCC(C)CC1.Cc1ccc(-c2ccc(C)c(F)c2F)cc1F.Cc1ccc2c(c1F)C(F)(F)C(C)C2.Cc1ccc2c(oc3c(F)c(C)ccc32)c1F. The summed E-state index contributed by atoms with van der Waals surface area (Å²) in [6.07, 6.45) is 6.16. The van der Waals surface area contributed by atoms with Crippen molar-refractivity contribution < 1.29 is 39.5 Å². The van der Waals surface area contributed by atoms with Crippen LogP contribution in [-0.4, -0.2) is 0 Å². The summed E-state index contributed by atoms with van der Waals surface area (Å²) in [5.41, 5.74) is 2.72. The standard InChI is InChI=1S/C14H11F3.C14H10F2O.C11H11F3.C8H16.CH4/c1-8-3-5-10(7-12(8)15)11-6-4-9(2)13(16)14(11)17;1-7-3-5-9-10-6-4-8(2)12(16)14(10)17-13(9)11(7)15;1-6-3-4-8-5-7(2)11(13,14)9(8)10(6)12;1-7-3-5-8(2)6-4-7;/h3-7H,1-2H3;3-6H,1-2H3;3-4,7H,5H2,1-2H3;7-8H,3-6H2,1-2H3;1H4. The molecule has 0 amide bonds. The normalized spacial score (nSPS) is 18.0. The van der Waals surface area contributed by atoms with Gasteiger partial charge in [0, 0.05) is 22.3 Å². The van der Waals surface area contributed by atoms with E-state index in [9.17, 15) is 35.1 Å². The lowest BCUT2D eigenvalue weighted by atomic mass is 9.84. The van der Waals surface area contributed by atoms with Crippen molar-refractivity contribution in [2.24, 2.45) is 17.8 Å². The first-order chi connectivity index (χ1) is 26.3. The van der Waals surface area contributed by atoms with Gasteiger partial charge in [-0.2, -0.15) is 0 Å². The van der Waals surface area contributed by atoms with E-state index >= 15 is 0 Å². The summed E-state index contributed by atoms with van der Waals surface area (Å²) in [5, 5.41) is 1.23. The van der Waals surface area contributed by atoms with Gasteiger partial charge in [0.2, 0.25) is 0 Å². The summed E-state index contributed by atoms with van der Waals surface area (Å²) in [7, 11) is 0. The molecule has 8 rings (SSSR count). The van der Waals surface area contributed by atoms with Gasteiger partial charge in [-0.05, 0) is 97.9 Å². The predicted molar refractivity (Wildman–Crippen MR) is 216 cm³/mol. The third-order valence-corrected chi connectivity index (χ3v) is 11.0. The number of hydrogen-bond acceptors (Lipinski definition) is 1. The average Bonchev–Trinajstić information content (AvgIpc) is 3.66. The van der Waals surface area contributed by atoms with Crippen molar-refractivity contribution in [2.75, 3.05) is 0 Å². The van der Waals surface area contributed by atoms with Crippen molar-refractivity contribution in [3.63, 3.8) is 0 Å². The van der Waals surface area contributed by atoms with E-state index < -0.39 is 46.7 Å². The Balaban J connectivity index is 0.000000172. The van der Waals surface area contributed by atoms with Crippen LogP contribution in [0.25, 0.3) is 33.1 Å². The molecule has 306 valence electrons. The van der Waals surface area contributed by atoms with Crippen LogP contribution in [0.4, 0.5) is 35.1 Å². The molecule has 0 saturated heterocycles. The molecule has 1 atom stereocenters. The molecule has 5 aromatic carbocycles. The Labute approximate surface area is 331 Å². The van der Waals surface area contributed by atoms with Crippen molar-refractivity contribution >= 4 is 21.9 Å². The molecule has 6 aromatic rings. The molecule has 0 bridgehead atoms. The summed E-state index contributed by atoms with van der Waals surface area (Å²) in [6.45, 7) is 14.1. The van der Waals surface area contributed by atoms with Crippen molar-refractivity contribution in [1.82, 2.24) is 0 Å². The molecule has 1 saturated carbocycles. The Bertz CT molecular complexity index is 2280. The highest BCUT2D eigenvalue weighted by atomic mass is 19.3. The first kappa shape index (κ1) is 45.0. The maximum absolute atomic E-state index is 13.9. The summed E-state index contributed by atoms with van der Waals surface area (Å²) in [5.74, 6) is -5.60. The number of alkyl halides is 2. The van der Waals surface area contributed by atoms with E-state index in [2.05, 4.69) is 13.8 Å². The van der Waals surface area contributed by atoms with Crippen LogP contribution in [0.3, 0.4) is 0 Å². The number of aryl methyl sites for hydroxylation is 5. The lowest BCUT2D eigenvalue weighted by Crippen LogP contribution is -2.19. The van der Waals surface area contributed by atoms with Gasteiger partial charge in [-0.3, -0.25) is 0 Å². The Kier molecular flexibility index (Phi) is 14.5. The number of halogens is 8. The van der Waals surface area contributed by atoms with E-state index in [1.807, 2.05) is 0 Å². The quantitative estimate of drug-likeness (QED) is 0.151. The highest BCUT2D eigenvalue weighted by molar-refractivity contribution is 6.05. The Morgan fingerprint density at radius 1 is 0.526 bits per heavy atom. The second kappa shape index (κ2) is 18.3. The van der Waals surface area contributed by atoms with Gasteiger partial charge in [-0.25, -0.2) is 35.1 Å². The zero-order chi connectivity index (χ0) is 41.2. The van der Waals surface area contributed by atoms with E-state index in [4.69, 9.17) is 4.42 Å². The molecule has 1 nitrogen and oxygen atoms in total. The van der Waals surface area contributed by atoms with Crippen LogP contribution in [-0.2, 0) is 12.3 Å². The van der Waals surface area contributed by atoms with E-state index in [0.29, 0.717) is 38.6 Å². The monoisotopic (exact) mass is 796 g/mol. The van der Waals surface area contributed by atoms with Crippen LogP contribution in [0.5, 0.6) is 0 Å². The molecule has 0 radical (unpaired) electrons. The van der Waals surface area contributed by atoms with Gasteiger partial charge in [0.05, 0.1) is 5.56 Å². The molecular weight excluding hydrogens is 745 g/mol. The number of fused-ring (bicyclic) bond motifs is 4. The fourth-order valence-electron chi connectivity index (χ4n) is 7.05. The molecule has 1 unspecified atom stereocenters. The smallest absolute Gasteiger partial charge is 0.279 e. The van der Waals surface area contributed by atoms with Crippen LogP contribution in [0.15, 0.2) is 71.1 Å². The van der Waals surface area contributed by atoms with E-state index in [1.54, 1.807) is 69.3 Å². The maximum atomic E-state index is 13.9. The molecule has 57 heavy (non-hydrogen) atoms. The zero-order valence-electron chi connectivity index (χ0n) is 33.1. The lowest BCUT2D eigenvalue weighted by molar-refractivity contribution is -0.0478. The minimum absolute atomic E-state index is 0. The number of furan rings is 1. The first-order valence-corrected chi connectivity index (χ1v) is 19.0. The summed E-state index contributed by atoms with van der Waals surface area (Å²) >= 11 is 0. The molecule has 1 fully saturated rings. The second-order valence-electron chi connectivity index (χ2n) is 15.6. The van der Waals surface area contributed by atoms with Gasteiger partial charge in [0.15, 0.2) is 34.4 Å². The molecule has 0 aliphatic heterocycles.